The Morgan fingerprint density at radius 2 is 0.875 bits per heavy atom. The summed E-state index contributed by atoms with van der Waals surface area (Å²) in [5, 5.41) is 6.10. The van der Waals surface area contributed by atoms with E-state index in [2.05, 4.69) is 88.1 Å². The second kappa shape index (κ2) is 13.2. The van der Waals surface area contributed by atoms with Crippen LogP contribution in [-0.4, -0.2) is 0 Å². The van der Waals surface area contributed by atoms with Gasteiger partial charge in [0.15, 0.2) is 0 Å². The molecule has 0 saturated carbocycles. The average Bonchev–Trinajstić information content (AvgIpc) is 3.82. The number of hydrogen-bond donors (Lipinski definition) is 0. The third kappa shape index (κ3) is 4.95. The fraction of sp³-hybridized carbons (Fsp3) is 0.417. The molecule has 3 aliphatic rings. The van der Waals surface area contributed by atoms with Crippen LogP contribution in [-0.2, 0) is 44.9 Å². The lowest BCUT2D eigenvalue weighted by atomic mass is 9.77. The summed E-state index contributed by atoms with van der Waals surface area (Å²) in [6.45, 7) is 9.37. The van der Waals surface area contributed by atoms with E-state index in [0.29, 0.717) is 0 Å². The fourth-order valence-corrected chi connectivity index (χ4v) is 9.50. The lowest BCUT2D eigenvalue weighted by molar-refractivity contribution is 0.755. The van der Waals surface area contributed by atoms with Crippen molar-refractivity contribution in [1.82, 2.24) is 0 Å². The number of benzene rings is 5. The van der Waals surface area contributed by atoms with Crippen molar-refractivity contribution in [2.24, 2.45) is 0 Å². The summed E-state index contributed by atoms with van der Waals surface area (Å²) in [5.41, 5.74) is 21.6. The van der Waals surface area contributed by atoms with E-state index in [0.717, 1.165) is 38.5 Å². The molecule has 0 unspecified atom stereocenters. The molecule has 8 rings (SSSR count). The summed E-state index contributed by atoms with van der Waals surface area (Å²) in [6, 6.07) is 19.8. The molecule has 0 aliphatic heterocycles. The lowest BCUT2D eigenvalue weighted by Crippen LogP contribution is -2.08. The maximum absolute atomic E-state index is 3.74. The van der Waals surface area contributed by atoms with Gasteiger partial charge in [0.1, 0.15) is 0 Å². The van der Waals surface area contributed by atoms with Crippen molar-refractivity contribution in [2.75, 3.05) is 0 Å². The van der Waals surface area contributed by atoms with E-state index in [1.54, 1.807) is 55.3 Å². The average molecular weight is 629 g/mol. The Morgan fingerprint density at radius 1 is 0.438 bits per heavy atom. The van der Waals surface area contributed by atoms with Crippen LogP contribution in [0.3, 0.4) is 0 Å². The highest BCUT2D eigenvalue weighted by Gasteiger charge is 2.34. The molecule has 0 saturated heterocycles. The van der Waals surface area contributed by atoms with Crippen molar-refractivity contribution in [1.29, 1.82) is 0 Å². The van der Waals surface area contributed by atoms with Gasteiger partial charge in [-0.05, 0) is 165 Å². The molecule has 3 aliphatic carbocycles. The molecular formula is C48H52. The van der Waals surface area contributed by atoms with Crippen LogP contribution in [0.4, 0.5) is 0 Å². The van der Waals surface area contributed by atoms with E-state index in [4.69, 9.17) is 0 Å². The van der Waals surface area contributed by atoms with Gasteiger partial charge in [0, 0.05) is 17.4 Å². The van der Waals surface area contributed by atoms with E-state index in [9.17, 15) is 0 Å². The first kappa shape index (κ1) is 31.4. The summed E-state index contributed by atoms with van der Waals surface area (Å²) in [7, 11) is 0. The molecule has 0 heteroatoms. The highest BCUT2D eigenvalue weighted by molar-refractivity contribution is 6.20. The van der Waals surface area contributed by atoms with Crippen molar-refractivity contribution < 1.29 is 0 Å². The van der Waals surface area contributed by atoms with Crippen LogP contribution in [0.1, 0.15) is 130 Å². The van der Waals surface area contributed by atoms with E-state index in [-0.39, 0.29) is 0 Å². The highest BCUT2D eigenvalue weighted by Crippen LogP contribution is 2.57. The Morgan fingerprint density at radius 3 is 1.42 bits per heavy atom. The molecule has 0 spiro atoms. The number of aryl methyl sites for hydroxylation is 4. The Balaban J connectivity index is 1.51. The zero-order chi connectivity index (χ0) is 32.8. The van der Waals surface area contributed by atoms with Gasteiger partial charge in [-0.3, -0.25) is 0 Å². The molecule has 0 N–H and O–H groups in total. The first-order chi connectivity index (χ1) is 23.7. The van der Waals surface area contributed by atoms with Crippen molar-refractivity contribution in [2.45, 2.75) is 130 Å². The van der Waals surface area contributed by atoms with Crippen LogP contribution in [0, 0.1) is 11.8 Å². The Bertz CT molecular complexity index is 2100. The molecule has 5 aromatic carbocycles. The third-order valence-corrected chi connectivity index (χ3v) is 11.8. The first-order valence-electron chi connectivity index (χ1n) is 19.5. The Hall–Kier alpha value is -3.82. The predicted octanol–water partition coefficient (Wildman–Crippen LogP) is 13.1. The molecule has 0 aromatic heterocycles. The monoisotopic (exact) mass is 628 g/mol. The number of fused-ring (bicyclic) bond motifs is 3. The minimum atomic E-state index is 0.977. The normalized spacial score (nSPS) is 13.5. The smallest absolute Gasteiger partial charge is 0.0330 e. The van der Waals surface area contributed by atoms with Crippen LogP contribution >= 0.6 is 0 Å². The van der Waals surface area contributed by atoms with Gasteiger partial charge < -0.3 is 0 Å². The molecule has 0 nitrogen and oxygen atoms in total. The lowest BCUT2D eigenvalue weighted by Gasteiger charge is -2.27. The topological polar surface area (TPSA) is 0 Å². The summed E-state index contributed by atoms with van der Waals surface area (Å²) >= 11 is 0. The van der Waals surface area contributed by atoms with Crippen LogP contribution in [0.2, 0.25) is 0 Å². The molecule has 5 aromatic rings. The van der Waals surface area contributed by atoms with Crippen LogP contribution in [0.15, 0.2) is 48.5 Å². The van der Waals surface area contributed by atoms with Crippen molar-refractivity contribution >= 4 is 21.5 Å². The largest absolute Gasteiger partial charge is 0.0979 e. The summed E-state index contributed by atoms with van der Waals surface area (Å²) < 4.78 is 0. The van der Waals surface area contributed by atoms with E-state index in [1.807, 2.05) is 0 Å². The predicted molar refractivity (Wildman–Crippen MR) is 208 cm³/mol. The SMILES string of the molecule is CCCCC#Cc1ccc2c3c(ccc(-c4c(CCCC)c(CCCC)c5c(c4CCCC)-c4ccc6c7c(ccc-5c47)CC6)c13)CC2. The van der Waals surface area contributed by atoms with Crippen LogP contribution < -0.4 is 0 Å². The molecule has 0 atom stereocenters. The molecule has 0 radical (unpaired) electrons. The molecule has 0 heterocycles. The van der Waals surface area contributed by atoms with E-state index in [1.165, 1.54) is 108 Å². The van der Waals surface area contributed by atoms with Gasteiger partial charge in [-0.25, -0.2) is 0 Å². The molecule has 0 bridgehead atoms. The van der Waals surface area contributed by atoms with Gasteiger partial charge in [-0.2, -0.15) is 0 Å². The quantitative estimate of drug-likeness (QED) is 0.0934. The zero-order valence-corrected chi connectivity index (χ0v) is 29.9. The van der Waals surface area contributed by atoms with Crippen LogP contribution in [0.25, 0.3) is 54.9 Å². The number of hydrogen-bond acceptors (Lipinski definition) is 0. The van der Waals surface area contributed by atoms with E-state index < -0.39 is 0 Å². The standard InChI is InChI=1S/C48H52/c1-5-9-13-14-15-31-19-20-32-21-22-33-25-28-39(44(31)42(32)33)45-36(16-10-6-2)37(17-11-7-3)46-40-29-26-34-23-24-35-27-30-41(47(40)43(34)35)48(46)38(45)18-12-8-4/h19-20,25-30H,5-13,16-18,21-24H2,1-4H3. The van der Waals surface area contributed by atoms with Crippen LogP contribution in [0.5, 0.6) is 0 Å². The number of rotatable bonds is 12. The summed E-state index contributed by atoms with van der Waals surface area (Å²) in [4.78, 5) is 0. The second-order valence-electron chi connectivity index (χ2n) is 14.9. The Kier molecular flexibility index (Phi) is 8.67. The molecule has 48 heavy (non-hydrogen) atoms. The van der Waals surface area contributed by atoms with Crippen molar-refractivity contribution in [3.63, 3.8) is 0 Å². The molecule has 0 amide bonds. The maximum Gasteiger partial charge on any atom is 0.0330 e. The van der Waals surface area contributed by atoms with Crippen molar-refractivity contribution in [3.05, 3.63) is 93.0 Å². The maximum atomic E-state index is 3.74. The second-order valence-corrected chi connectivity index (χ2v) is 14.9. The van der Waals surface area contributed by atoms with Crippen molar-refractivity contribution in [3.8, 4) is 45.2 Å². The summed E-state index contributed by atoms with van der Waals surface area (Å²) in [6.07, 6.45) is 18.8. The highest BCUT2D eigenvalue weighted by atomic mass is 14.4. The zero-order valence-electron chi connectivity index (χ0n) is 29.9. The van der Waals surface area contributed by atoms with Gasteiger partial charge in [-0.1, -0.05) is 108 Å². The van der Waals surface area contributed by atoms with E-state index >= 15 is 0 Å². The van der Waals surface area contributed by atoms with Gasteiger partial charge in [0.25, 0.3) is 0 Å². The summed E-state index contributed by atoms with van der Waals surface area (Å²) in [5.74, 6) is 7.34. The first-order valence-corrected chi connectivity index (χ1v) is 19.5. The molecule has 0 fully saturated rings. The third-order valence-electron chi connectivity index (χ3n) is 11.8. The molecular weight excluding hydrogens is 577 g/mol. The van der Waals surface area contributed by atoms with Gasteiger partial charge in [0.05, 0.1) is 0 Å². The number of unbranched alkanes of at least 4 members (excludes halogenated alkanes) is 5. The van der Waals surface area contributed by atoms with Gasteiger partial charge >= 0.3 is 0 Å². The van der Waals surface area contributed by atoms with Gasteiger partial charge in [0.2, 0.25) is 0 Å². The minimum Gasteiger partial charge on any atom is -0.0979 e. The molecule has 244 valence electrons. The Labute approximate surface area is 289 Å². The minimum absolute atomic E-state index is 0.977. The van der Waals surface area contributed by atoms with Gasteiger partial charge in [-0.15, -0.1) is 0 Å². The fourth-order valence-electron chi connectivity index (χ4n) is 9.50.